The molecule has 8 heteroatoms. The van der Waals surface area contributed by atoms with Crippen molar-refractivity contribution in [3.8, 4) is 5.75 Å². The summed E-state index contributed by atoms with van der Waals surface area (Å²) in [6.45, 7) is 3.75. The molecular formula is C28H28N4O3S. The zero-order chi connectivity index (χ0) is 25.1. The zero-order valence-corrected chi connectivity index (χ0v) is 21.2. The van der Waals surface area contributed by atoms with Crippen molar-refractivity contribution >= 4 is 34.1 Å². The molecule has 1 aliphatic heterocycles. The SMILES string of the molecule is COc1cc(C(=O)N2CCC(c3nc(C(=O)NCc4cccc(C)c4)cs3)CC2)nc2ccccc12. The highest BCUT2D eigenvalue weighted by Crippen LogP contribution is 2.32. The molecule has 4 aromatic rings. The van der Waals surface area contributed by atoms with Gasteiger partial charge in [-0.05, 0) is 37.5 Å². The number of nitrogens with one attached hydrogen (secondary N) is 1. The Kier molecular flexibility index (Phi) is 6.95. The largest absolute Gasteiger partial charge is 0.496 e. The Morgan fingerprint density at radius 2 is 1.86 bits per heavy atom. The molecule has 36 heavy (non-hydrogen) atoms. The number of methoxy groups -OCH3 is 1. The predicted octanol–water partition coefficient (Wildman–Crippen LogP) is 4.96. The Labute approximate surface area is 214 Å². The van der Waals surface area contributed by atoms with Crippen LogP contribution in [0, 0.1) is 6.92 Å². The molecule has 1 N–H and O–H groups in total. The van der Waals surface area contributed by atoms with Gasteiger partial charge in [-0.3, -0.25) is 9.59 Å². The van der Waals surface area contributed by atoms with Crippen LogP contribution in [-0.4, -0.2) is 46.9 Å². The molecular weight excluding hydrogens is 472 g/mol. The number of pyridine rings is 1. The smallest absolute Gasteiger partial charge is 0.272 e. The van der Waals surface area contributed by atoms with Crippen molar-refractivity contribution in [1.29, 1.82) is 0 Å². The maximum atomic E-state index is 13.2. The van der Waals surface area contributed by atoms with E-state index in [9.17, 15) is 9.59 Å². The van der Waals surface area contributed by atoms with Gasteiger partial charge in [-0.1, -0.05) is 42.0 Å². The van der Waals surface area contributed by atoms with E-state index in [1.165, 1.54) is 11.3 Å². The molecule has 0 bridgehead atoms. The molecule has 7 nitrogen and oxygen atoms in total. The van der Waals surface area contributed by atoms with E-state index in [0.29, 0.717) is 36.8 Å². The molecule has 2 aromatic carbocycles. The number of likely N-dealkylation sites (tertiary alicyclic amines) is 1. The number of benzene rings is 2. The van der Waals surface area contributed by atoms with Gasteiger partial charge >= 0.3 is 0 Å². The third kappa shape index (κ3) is 5.09. The number of hydrogen-bond donors (Lipinski definition) is 1. The van der Waals surface area contributed by atoms with Gasteiger partial charge in [-0.15, -0.1) is 11.3 Å². The van der Waals surface area contributed by atoms with Crippen LogP contribution in [0.3, 0.4) is 0 Å². The minimum absolute atomic E-state index is 0.0899. The molecule has 0 spiro atoms. The molecule has 0 unspecified atom stereocenters. The summed E-state index contributed by atoms with van der Waals surface area (Å²) in [5.74, 6) is 0.627. The third-order valence-corrected chi connectivity index (χ3v) is 7.55. The molecule has 0 atom stereocenters. The zero-order valence-electron chi connectivity index (χ0n) is 20.4. The summed E-state index contributed by atoms with van der Waals surface area (Å²) in [6.07, 6.45) is 1.60. The summed E-state index contributed by atoms with van der Waals surface area (Å²) in [6, 6.07) is 17.5. The number of nitrogens with zero attached hydrogens (tertiary/aromatic N) is 3. The van der Waals surface area contributed by atoms with E-state index in [4.69, 9.17) is 4.74 Å². The van der Waals surface area contributed by atoms with Crippen LogP contribution in [0.25, 0.3) is 10.9 Å². The lowest BCUT2D eigenvalue weighted by Gasteiger charge is -2.31. The van der Waals surface area contributed by atoms with E-state index in [1.807, 2.05) is 59.7 Å². The second-order valence-electron chi connectivity index (χ2n) is 9.04. The van der Waals surface area contributed by atoms with E-state index < -0.39 is 0 Å². The topological polar surface area (TPSA) is 84.4 Å². The standard InChI is InChI=1S/C28H28N4O3S/c1-18-6-5-7-19(14-18)16-29-26(33)24-17-36-27(31-24)20-10-12-32(13-11-20)28(34)23-15-25(35-2)21-8-3-4-9-22(21)30-23/h3-9,14-15,17,20H,10-13,16H2,1-2H3,(H,29,33). The molecule has 0 radical (unpaired) electrons. The quantitative estimate of drug-likeness (QED) is 0.405. The fourth-order valence-corrected chi connectivity index (χ4v) is 5.56. The molecule has 184 valence electrons. The van der Waals surface area contributed by atoms with E-state index in [0.717, 1.165) is 39.9 Å². The van der Waals surface area contributed by atoms with Crippen molar-refractivity contribution in [3.63, 3.8) is 0 Å². The van der Waals surface area contributed by atoms with Crippen LogP contribution < -0.4 is 10.1 Å². The van der Waals surface area contributed by atoms with Crippen LogP contribution in [0.1, 0.15) is 55.9 Å². The summed E-state index contributed by atoms with van der Waals surface area (Å²) in [7, 11) is 1.60. The van der Waals surface area contributed by atoms with Crippen molar-refractivity contribution in [2.75, 3.05) is 20.2 Å². The summed E-state index contributed by atoms with van der Waals surface area (Å²) in [5, 5.41) is 6.62. The van der Waals surface area contributed by atoms with Gasteiger partial charge in [0, 0.05) is 42.4 Å². The van der Waals surface area contributed by atoms with Crippen molar-refractivity contribution in [2.45, 2.75) is 32.2 Å². The number of para-hydroxylation sites is 1. The number of rotatable bonds is 6. The van der Waals surface area contributed by atoms with Gasteiger partial charge in [0.05, 0.1) is 17.6 Å². The van der Waals surface area contributed by atoms with Crippen LogP contribution in [0.2, 0.25) is 0 Å². The molecule has 0 aliphatic carbocycles. The number of aromatic nitrogens is 2. The number of hydrogen-bond acceptors (Lipinski definition) is 6. The van der Waals surface area contributed by atoms with Crippen LogP contribution in [0.15, 0.2) is 60.0 Å². The van der Waals surface area contributed by atoms with Crippen molar-refractivity contribution in [1.82, 2.24) is 20.2 Å². The Balaban J connectivity index is 1.19. The molecule has 2 aromatic heterocycles. The van der Waals surface area contributed by atoms with Gasteiger partial charge in [-0.2, -0.15) is 0 Å². The molecule has 0 saturated carbocycles. The van der Waals surface area contributed by atoms with Gasteiger partial charge < -0.3 is 15.0 Å². The fraction of sp³-hybridized carbons (Fsp3) is 0.286. The first-order chi connectivity index (χ1) is 17.5. The van der Waals surface area contributed by atoms with Gasteiger partial charge in [0.2, 0.25) is 0 Å². The minimum atomic E-state index is -0.164. The summed E-state index contributed by atoms with van der Waals surface area (Å²) in [5.41, 5.74) is 3.82. The number of ether oxygens (including phenoxy) is 1. The van der Waals surface area contributed by atoms with Crippen LogP contribution in [0.4, 0.5) is 0 Å². The number of aryl methyl sites for hydroxylation is 1. The van der Waals surface area contributed by atoms with Gasteiger partial charge in [-0.25, -0.2) is 9.97 Å². The van der Waals surface area contributed by atoms with Crippen molar-refractivity contribution < 1.29 is 14.3 Å². The Morgan fingerprint density at radius 1 is 1.06 bits per heavy atom. The molecule has 3 heterocycles. The van der Waals surface area contributed by atoms with E-state index in [1.54, 1.807) is 13.2 Å². The van der Waals surface area contributed by atoms with Crippen LogP contribution in [0.5, 0.6) is 5.75 Å². The van der Waals surface area contributed by atoms with Gasteiger partial charge in [0.25, 0.3) is 11.8 Å². The molecule has 2 amide bonds. The monoisotopic (exact) mass is 500 g/mol. The number of carbonyl (C=O) groups excluding carboxylic acids is 2. The Morgan fingerprint density at radius 3 is 2.64 bits per heavy atom. The Bertz CT molecular complexity index is 1410. The minimum Gasteiger partial charge on any atom is -0.496 e. The number of fused-ring (bicyclic) bond motifs is 1. The van der Waals surface area contributed by atoms with Crippen LogP contribution >= 0.6 is 11.3 Å². The molecule has 5 rings (SSSR count). The highest BCUT2D eigenvalue weighted by Gasteiger charge is 2.28. The predicted molar refractivity (Wildman–Crippen MR) is 141 cm³/mol. The average Bonchev–Trinajstić information content (AvgIpc) is 3.41. The maximum absolute atomic E-state index is 13.2. The average molecular weight is 501 g/mol. The number of carbonyl (C=O) groups is 2. The second kappa shape index (κ2) is 10.5. The first kappa shape index (κ1) is 23.9. The van der Waals surface area contributed by atoms with E-state index in [2.05, 4.69) is 21.4 Å². The van der Waals surface area contributed by atoms with Gasteiger partial charge in [0.1, 0.15) is 17.1 Å². The highest BCUT2D eigenvalue weighted by molar-refractivity contribution is 7.09. The maximum Gasteiger partial charge on any atom is 0.272 e. The highest BCUT2D eigenvalue weighted by atomic mass is 32.1. The lowest BCUT2D eigenvalue weighted by molar-refractivity contribution is 0.0707. The lowest BCUT2D eigenvalue weighted by Crippen LogP contribution is -2.38. The summed E-state index contributed by atoms with van der Waals surface area (Å²) < 4.78 is 5.50. The molecule has 1 fully saturated rings. The van der Waals surface area contributed by atoms with Crippen molar-refractivity contribution in [2.24, 2.45) is 0 Å². The molecule has 1 saturated heterocycles. The van der Waals surface area contributed by atoms with Crippen molar-refractivity contribution in [3.05, 3.63) is 87.5 Å². The third-order valence-electron chi connectivity index (χ3n) is 6.54. The number of amides is 2. The second-order valence-corrected chi connectivity index (χ2v) is 9.93. The Hall–Kier alpha value is -3.78. The molecule has 1 aliphatic rings. The number of piperidine rings is 1. The number of thiazole rings is 1. The fourth-order valence-electron chi connectivity index (χ4n) is 4.59. The first-order valence-electron chi connectivity index (χ1n) is 12.0. The van der Waals surface area contributed by atoms with E-state index in [-0.39, 0.29) is 17.7 Å². The van der Waals surface area contributed by atoms with Crippen LogP contribution in [-0.2, 0) is 6.54 Å². The summed E-state index contributed by atoms with van der Waals surface area (Å²) in [4.78, 5) is 36.8. The normalized spacial score (nSPS) is 14.1. The summed E-state index contributed by atoms with van der Waals surface area (Å²) >= 11 is 1.52. The van der Waals surface area contributed by atoms with E-state index >= 15 is 0 Å². The first-order valence-corrected chi connectivity index (χ1v) is 12.9. The lowest BCUT2D eigenvalue weighted by atomic mass is 9.97. The van der Waals surface area contributed by atoms with Gasteiger partial charge in [0.15, 0.2) is 0 Å².